The highest BCUT2D eigenvalue weighted by molar-refractivity contribution is 6.15. The number of carbonyl (C=O) groups excluding carboxylic acids is 4. The lowest BCUT2D eigenvalue weighted by atomic mass is 9.68. The number of aldehydes is 1. The molecule has 2 aromatic rings. The summed E-state index contributed by atoms with van der Waals surface area (Å²) in [5.74, 6) is -4.70. The third-order valence-corrected chi connectivity index (χ3v) is 5.73. The summed E-state index contributed by atoms with van der Waals surface area (Å²) >= 11 is 0. The van der Waals surface area contributed by atoms with Crippen LogP contribution in [0.2, 0.25) is 0 Å². The van der Waals surface area contributed by atoms with Gasteiger partial charge in [-0.25, -0.2) is 9.59 Å². The van der Waals surface area contributed by atoms with Crippen LogP contribution in [0, 0.1) is 0 Å². The highest BCUT2D eigenvalue weighted by atomic mass is 19.4. The molecule has 0 radical (unpaired) electrons. The van der Waals surface area contributed by atoms with Gasteiger partial charge in [-0.15, -0.1) is 0 Å². The molecule has 1 unspecified atom stereocenters. The molecule has 2 aliphatic heterocycles. The van der Waals surface area contributed by atoms with Crippen LogP contribution >= 0.6 is 0 Å². The van der Waals surface area contributed by atoms with Crippen molar-refractivity contribution in [3.63, 3.8) is 0 Å². The summed E-state index contributed by atoms with van der Waals surface area (Å²) in [7, 11) is 0. The summed E-state index contributed by atoms with van der Waals surface area (Å²) in [6.45, 7) is 5.42. The van der Waals surface area contributed by atoms with Crippen molar-refractivity contribution in [3.8, 4) is 11.5 Å². The monoisotopic (exact) mass is 516 g/mol. The van der Waals surface area contributed by atoms with Crippen LogP contribution in [0.4, 0.5) is 26.3 Å². The number of benzene rings is 2. The van der Waals surface area contributed by atoms with E-state index >= 15 is 0 Å². The fourth-order valence-corrected chi connectivity index (χ4v) is 4.23. The van der Waals surface area contributed by atoms with E-state index in [-0.39, 0.29) is 18.3 Å². The highest BCUT2D eigenvalue weighted by Gasteiger charge is 2.65. The number of Topliss-reactive ketones (excluding diaryl/α,β-unsaturated/α-hetero) is 1. The van der Waals surface area contributed by atoms with Gasteiger partial charge in [0.15, 0.2) is 12.1 Å². The third-order valence-electron chi connectivity index (χ3n) is 5.73. The molecule has 0 aliphatic carbocycles. The SMILES string of the molecule is CC.CCC(=O)c1cc2c(cc1C=O)C(CC(F)(F)F)(C(F)(F)F)c1cc3c(cc1O2)C(=O)OC3=O. The van der Waals surface area contributed by atoms with E-state index in [1.54, 1.807) is 0 Å². The molecule has 0 saturated heterocycles. The molecular weight excluding hydrogens is 498 g/mol. The summed E-state index contributed by atoms with van der Waals surface area (Å²) < 4.78 is 94.8. The second-order valence-corrected chi connectivity index (χ2v) is 7.70. The Hall–Kier alpha value is -3.70. The Kier molecular flexibility index (Phi) is 6.77. The number of carbonyl (C=O) groups is 4. The Morgan fingerprint density at radius 2 is 1.42 bits per heavy atom. The first-order valence-corrected chi connectivity index (χ1v) is 10.7. The molecule has 4 rings (SSSR count). The second-order valence-electron chi connectivity index (χ2n) is 7.70. The molecule has 2 aromatic carbocycles. The number of hydrogen-bond donors (Lipinski definition) is 0. The summed E-state index contributed by atoms with van der Waals surface area (Å²) in [6.07, 6.45) is -13.5. The predicted octanol–water partition coefficient (Wildman–Crippen LogP) is 6.34. The predicted molar refractivity (Wildman–Crippen MR) is 112 cm³/mol. The van der Waals surface area contributed by atoms with E-state index in [9.17, 15) is 45.5 Å². The third kappa shape index (κ3) is 4.14. The van der Waals surface area contributed by atoms with Gasteiger partial charge in [0, 0.05) is 28.7 Å². The number of cyclic esters (lactones) is 2. The number of hydrogen-bond acceptors (Lipinski definition) is 6. The van der Waals surface area contributed by atoms with Gasteiger partial charge in [0.1, 0.15) is 16.9 Å². The Morgan fingerprint density at radius 1 is 0.889 bits per heavy atom. The average Bonchev–Trinajstić information content (AvgIpc) is 3.08. The molecule has 0 saturated carbocycles. The number of halogens is 6. The average molecular weight is 516 g/mol. The van der Waals surface area contributed by atoms with Gasteiger partial charge in [0.25, 0.3) is 0 Å². The number of esters is 2. The van der Waals surface area contributed by atoms with Crippen LogP contribution in [-0.4, -0.2) is 36.4 Å². The van der Waals surface area contributed by atoms with Crippen LogP contribution in [-0.2, 0) is 10.2 Å². The smallest absolute Gasteiger partial charge is 0.403 e. The zero-order chi connectivity index (χ0) is 27.2. The molecule has 12 heteroatoms. The quantitative estimate of drug-likeness (QED) is 0.155. The summed E-state index contributed by atoms with van der Waals surface area (Å²) in [5, 5.41) is 0. The lowest BCUT2D eigenvalue weighted by Crippen LogP contribution is -2.48. The van der Waals surface area contributed by atoms with Crippen LogP contribution in [0.15, 0.2) is 24.3 Å². The van der Waals surface area contributed by atoms with Gasteiger partial charge < -0.3 is 9.47 Å². The van der Waals surface area contributed by atoms with E-state index in [1.165, 1.54) is 6.92 Å². The van der Waals surface area contributed by atoms with E-state index in [0.29, 0.717) is 18.2 Å². The molecule has 2 aliphatic rings. The fraction of sp³-hybridized carbons (Fsp3) is 0.333. The number of ketones is 1. The van der Waals surface area contributed by atoms with Crippen molar-refractivity contribution in [2.75, 3.05) is 0 Å². The maximum absolute atomic E-state index is 14.7. The van der Waals surface area contributed by atoms with Crippen LogP contribution in [0.1, 0.15) is 86.2 Å². The first-order chi connectivity index (χ1) is 16.7. The molecule has 6 nitrogen and oxygen atoms in total. The van der Waals surface area contributed by atoms with Crippen molar-refractivity contribution < 1.29 is 55.0 Å². The molecule has 0 bridgehead atoms. The molecule has 192 valence electrons. The Morgan fingerprint density at radius 3 is 1.92 bits per heavy atom. The van der Waals surface area contributed by atoms with E-state index < -0.39 is 81.2 Å². The van der Waals surface area contributed by atoms with Crippen LogP contribution < -0.4 is 4.74 Å². The van der Waals surface area contributed by atoms with E-state index in [2.05, 4.69) is 4.74 Å². The van der Waals surface area contributed by atoms with Gasteiger partial charge in [-0.2, -0.15) is 26.3 Å². The first-order valence-electron chi connectivity index (χ1n) is 10.7. The topological polar surface area (TPSA) is 86.7 Å². The van der Waals surface area contributed by atoms with Crippen LogP contribution in [0.5, 0.6) is 11.5 Å². The van der Waals surface area contributed by atoms with Crippen molar-refractivity contribution in [1.82, 2.24) is 0 Å². The number of alkyl halides is 6. The maximum Gasteiger partial charge on any atom is 0.403 e. The number of ether oxygens (including phenoxy) is 2. The van der Waals surface area contributed by atoms with E-state index in [1.807, 2.05) is 13.8 Å². The fourth-order valence-electron chi connectivity index (χ4n) is 4.23. The molecule has 1 atom stereocenters. The van der Waals surface area contributed by atoms with Crippen molar-refractivity contribution in [3.05, 3.63) is 57.6 Å². The van der Waals surface area contributed by atoms with Crippen LogP contribution in [0.3, 0.4) is 0 Å². The zero-order valence-electron chi connectivity index (χ0n) is 19.0. The number of rotatable bonds is 4. The van der Waals surface area contributed by atoms with Gasteiger partial charge >= 0.3 is 24.3 Å². The Bertz CT molecular complexity index is 1280. The van der Waals surface area contributed by atoms with Gasteiger partial charge in [-0.05, 0) is 24.3 Å². The first kappa shape index (κ1) is 26.9. The van der Waals surface area contributed by atoms with Gasteiger partial charge in [-0.1, -0.05) is 20.8 Å². The lowest BCUT2D eigenvalue weighted by Gasteiger charge is -2.42. The summed E-state index contributed by atoms with van der Waals surface area (Å²) in [6, 6.07) is 2.52. The van der Waals surface area contributed by atoms with Gasteiger partial charge in [-0.3, -0.25) is 9.59 Å². The standard InChI is InChI=1S/C22H12F6O6.C2H6/c1-2-15(30)10-5-16-13(3-9(10)7-29)20(22(26,27)28,8-21(23,24)25)14-4-11-12(6-17(14)33-16)19(32)34-18(11)31;1-2/h3-7H,2,8H2,1H3;1-2H3. The van der Waals surface area contributed by atoms with Gasteiger partial charge in [0.2, 0.25) is 0 Å². The molecule has 36 heavy (non-hydrogen) atoms. The summed E-state index contributed by atoms with van der Waals surface area (Å²) in [5.41, 5.74) is -7.98. The van der Waals surface area contributed by atoms with Crippen molar-refractivity contribution in [1.29, 1.82) is 0 Å². The highest BCUT2D eigenvalue weighted by Crippen LogP contribution is 2.60. The molecule has 0 aromatic heterocycles. The molecule has 2 heterocycles. The minimum Gasteiger partial charge on any atom is -0.457 e. The lowest BCUT2D eigenvalue weighted by molar-refractivity contribution is -0.223. The van der Waals surface area contributed by atoms with Crippen molar-refractivity contribution in [2.45, 2.75) is 51.4 Å². The van der Waals surface area contributed by atoms with Crippen molar-refractivity contribution in [2.24, 2.45) is 0 Å². The summed E-state index contributed by atoms with van der Waals surface area (Å²) in [4.78, 5) is 47.6. The molecule has 0 amide bonds. The van der Waals surface area contributed by atoms with Crippen LogP contribution in [0.25, 0.3) is 0 Å². The van der Waals surface area contributed by atoms with Crippen molar-refractivity contribution >= 4 is 24.0 Å². The largest absolute Gasteiger partial charge is 0.457 e. The normalized spacial score (nSPS) is 18.1. The van der Waals surface area contributed by atoms with Gasteiger partial charge in [0.05, 0.1) is 17.5 Å². The maximum atomic E-state index is 14.7. The Balaban J connectivity index is 0.00000176. The van der Waals surface area contributed by atoms with E-state index in [0.717, 1.165) is 6.07 Å². The second kappa shape index (κ2) is 9.07. The van der Waals surface area contributed by atoms with E-state index in [4.69, 9.17) is 4.74 Å². The number of fused-ring (bicyclic) bond motifs is 3. The Labute approximate surface area is 200 Å². The zero-order valence-corrected chi connectivity index (χ0v) is 19.0. The molecular formula is C24H18F6O6. The minimum atomic E-state index is -5.62. The molecule has 0 fully saturated rings. The molecule has 0 N–H and O–H groups in total. The minimum absolute atomic E-state index is 0.0616. The molecule has 0 spiro atoms.